The fourth-order valence-electron chi connectivity index (χ4n) is 0.499. The maximum atomic E-state index is 8.89. The second-order valence-corrected chi connectivity index (χ2v) is 1.71. The van der Waals surface area contributed by atoms with Crippen LogP contribution >= 0.6 is 0 Å². The summed E-state index contributed by atoms with van der Waals surface area (Å²) < 4.78 is 0. The van der Waals surface area contributed by atoms with E-state index in [1.54, 1.807) is 12.1 Å². The Kier molecular flexibility index (Phi) is 1.20. The maximum Gasteiger partial charge on any atom is 0.119 e. The molecule has 0 aliphatic carbocycles. The van der Waals surface area contributed by atoms with E-state index in [0.717, 1.165) is 5.56 Å². The highest BCUT2D eigenvalue weighted by Crippen LogP contribution is 2.11. The zero-order valence-electron chi connectivity index (χ0n) is 4.68. The van der Waals surface area contributed by atoms with Gasteiger partial charge in [0.05, 0.1) is 0 Å². The molecule has 0 aromatic heterocycles. The van der Waals surface area contributed by atoms with E-state index in [1.807, 2.05) is 13.0 Å². The lowest BCUT2D eigenvalue weighted by atomic mass is 10.2. The Labute approximate surface area is 48.6 Å². The van der Waals surface area contributed by atoms with Crippen molar-refractivity contribution in [2.45, 2.75) is 6.92 Å². The molecular formula is C7H7O. The molecule has 0 saturated heterocycles. The van der Waals surface area contributed by atoms with Crippen LogP contribution in [-0.4, -0.2) is 5.11 Å². The Balaban J connectivity index is 3.13. The fraction of sp³-hybridized carbons (Fsp3) is 0.143. The molecule has 0 unspecified atom stereocenters. The van der Waals surface area contributed by atoms with Crippen LogP contribution in [0.4, 0.5) is 0 Å². The molecule has 0 atom stereocenters. The summed E-state index contributed by atoms with van der Waals surface area (Å²) >= 11 is 0. The van der Waals surface area contributed by atoms with Gasteiger partial charge >= 0.3 is 0 Å². The van der Waals surface area contributed by atoms with E-state index in [4.69, 9.17) is 5.11 Å². The zero-order chi connectivity index (χ0) is 5.98. The molecule has 1 heteroatoms. The molecule has 0 heterocycles. The SMILES string of the molecule is Cc1cc[c]cc1O. The highest BCUT2D eigenvalue weighted by atomic mass is 16.3. The number of benzene rings is 1. The third-order valence-corrected chi connectivity index (χ3v) is 1.05. The summed E-state index contributed by atoms with van der Waals surface area (Å²) in [5, 5.41) is 8.89. The van der Waals surface area contributed by atoms with Gasteiger partial charge in [0, 0.05) is 0 Å². The fourth-order valence-corrected chi connectivity index (χ4v) is 0.499. The molecule has 0 spiro atoms. The van der Waals surface area contributed by atoms with Crippen molar-refractivity contribution in [2.24, 2.45) is 0 Å². The first-order chi connectivity index (χ1) is 3.80. The summed E-state index contributed by atoms with van der Waals surface area (Å²) in [4.78, 5) is 0. The van der Waals surface area contributed by atoms with E-state index < -0.39 is 0 Å². The quantitative estimate of drug-likeness (QED) is 0.532. The number of aryl methyl sites for hydroxylation is 1. The van der Waals surface area contributed by atoms with Crippen molar-refractivity contribution in [1.29, 1.82) is 0 Å². The van der Waals surface area contributed by atoms with E-state index in [1.165, 1.54) is 0 Å². The van der Waals surface area contributed by atoms with Crippen molar-refractivity contribution in [1.82, 2.24) is 0 Å². The van der Waals surface area contributed by atoms with Crippen LogP contribution < -0.4 is 0 Å². The summed E-state index contributed by atoms with van der Waals surface area (Å²) in [6.07, 6.45) is 0. The summed E-state index contributed by atoms with van der Waals surface area (Å²) in [5.74, 6) is 0.313. The average molecular weight is 107 g/mol. The second kappa shape index (κ2) is 1.86. The Bertz CT molecular complexity index is 160. The largest absolute Gasteiger partial charge is 0.508 e. The molecule has 0 amide bonds. The van der Waals surface area contributed by atoms with E-state index >= 15 is 0 Å². The minimum absolute atomic E-state index is 0.313. The molecule has 41 valence electrons. The number of phenolic OH excluding ortho intramolecular Hbond substituents is 1. The third-order valence-electron chi connectivity index (χ3n) is 1.05. The maximum absolute atomic E-state index is 8.89. The Hall–Kier alpha value is -0.980. The summed E-state index contributed by atoms with van der Waals surface area (Å²) in [6.45, 7) is 1.85. The molecule has 1 radical (unpaired) electrons. The molecule has 1 aromatic carbocycles. The first-order valence-electron chi connectivity index (χ1n) is 2.46. The van der Waals surface area contributed by atoms with Gasteiger partial charge in [-0.2, -0.15) is 0 Å². The molecule has 1 rings (SSSR count). The minimum Gasteiger partial charge on any atom is -0.508 e. The van der Waals surface area contributed by atoms with Gasteiger partial charge in [-0.15, -0.1) is 0 Å². The first-order valence-corrected chi connectivity index (χ1v) is 2.46. The molecule has 1 nitrogen and oxygen atoms in total. The van der Waals surface area contributed by atoms with Gasteiger partial charge in [0.2, 0.25) is 0 Å². The van der Waals surface area contributed by atoms with Crippen molar-refractivity contribution < 1.29 is 5.11 Å². The van der Waals surface area contributed by atoms with E-state index in [2.05, 4.69) is 6.07 Å². The molecule has 0 bridgehead atoms. The number of rotatable bonds is 0. The molecule has 1 aromatic rings. The van der Waals surface area contributed by atoms with Gasteiger partial charge in [0.15, 0.2) is 0 Å². The molecule has 8 heavy (non-hydrogen) atoms. The van der Waals surface area contributed by atoms with Crippen LogP contribution in [0.25, 0.3) is 0 Å². The van der Waals surface area contributed by atoms with Crippen LogP contribution in [0.5, 0.6) is 5.75 Å². The van der Waals surface area contributed by atoms with Crippen LogP contribution in [0.2, 0.25) is 0 Å². The number of aromatic hydroxyl groups is 1. The lowest BCUT2D eigenvalue weighted by molar-refractivity contribution is 0.471. The Morgan fingerprint density at radius 3 is 2.75 bits per heavy atom. The van der Waals surface area contributed by atoms with Crippen LogP contribution in [0.15, 0.2) is 18.2 Å². The standard InChI is InChI=1S/C7H7O/c1-6-4-2-3-5-7(6)8/h2,4-5,8H,1H3. The molecular weight excluding hydrogens is 100 g/mol. The van der Waals surface area contributed by atoms with Gasteiger partial charge in [-0.25, -0.2) is 0 Å². The number of hydrogen-bond acceptors (Lipinski definition) is 1. The summed E-state index contributed by atoms with van der Waals surface area (Å²) in [5.41, 5.74) is 0.892. The monoisotopic (exact) mass is 107 g/mol. The normalized spacial score (nSPS) is 9.12. The highest BCUT2D eigenvalue weighted by molar-refractivity contribution is 5.29. The van der Waals surface area contributed by atoms with Crippen molar-refractivity contribution in [3.05, 3.63) is 29.8 Å². The van der Waals surface area contributed by atoms with Crippen LogP contribution in [0, 0.1) is 13.0 Å². The third kappa shape index (κ3) is 0.808. The average Bonchev–Trinajstić information content (AvgIpc) is 1.77. The van der Waals surface area contributed by atoms with Crippen molar-refractivity contribution in [3.8, 4) is 5.75 Å². The second-order valence-electron chi connectivity index (χ2n) is 1.71. The highest BCUT2D eigenvalue weighted by Gasteiger charge is 1.87. The summed E-state index contributed by atoms with van der Waals surface area (Å²) in [6, 6.07) is 7.89. The summed E-state index contributed by atoms with van der Waals surface area (Å²) in [7, 11) is 0. The predicted molar refractivity (Wildman–Crippen MR) is 31.7 cm³/mol. The van der Waals surface area contributed by atoms with E-state index in [-0.39, 0.29) is 0 Å². The molecule has 0 saturated carbocycles. The Morgan fingerprint density at radius 2 is 2.38 bits per heavy atom. The van der Waals surface area contributed by atoms with Crippen molar-refractivity contribution in [3.63, 3.8) is 0 Å². The van der Waals surface area contributed by atoms with Crippen LogP contribution in [0.3, 0.4) is 0 Å². The lowest BCUT2D eigenvalue weighted by Crippen LogP contribution is -1.69. The van der Waals surface area contributed by atoms with Gasteiger partial charge < -0.3 is 5.11 Å². The van der Waals surface area contributed by atoms with Crippen molar-refractivity contribution >= 4 is 0 Å². The zero-order valence-corrected chi connectivity index (χ0v) is 4.68. The lowest BCUT2D eigenvalue weighted by Gasteiger charge is -1.91. The van der Waals surface area contributed by atoms with E-state index in [9.17, 15) is 0 Å². The smallest absolute Gasteiger partial charge is 0.119 e. The Morgan fingerprint density at radius 1 is 1.62 bits per heavy atom. The predicted octanol–water partition coefficient (Wildman–Crippen LogP) is 1.50. The molecule has 0 aliphatic rings. The van der Waals surface area contributed by atoms with Gasteiger partial charge in [0.25, 0.3) is 0 Å². The van der Waals surface area contributed by atoms with Crippen molar-refractivity contribution in [2.75, 3.05) is 0 Å². The van der Waals surface area contributed by atoms with Gasteiger partial charge in [-0.1, -0.05) is 12.1 Å². The van der Waals surface area contributed by atoms with Crippen LogP contribution in [0.1, 0.15) is 5.56 Å². The topological polar surface area (TPSA) is 20.2 Å². The number of phenols is 1. The van der Waals surface area contributed by atoms with Crippen LogP contribution in [-0.2, 0) is 0 Å². The molecule has 0 aliphatic heterocycles. The molecule has 1 N–H and O–H groups in total. The van der Waals surface area contributed by atoms with Gasteiger partial charge in [0.1, 0.15) is 5.75 Å². The van der Waals surface area contributed by atoms with Gasteiger partial charge in [-0.05, 0) is 24.6 Å². The minimum atomic E-state index is 0.313. The molecule has 0 fully saturated rings. The first kappa shape index (κ1) is 5.16. The van der Waals surface area contributed by atoms with E-state index in [0.29, 0.717) is 5.75 Å². The van der Waals surface area contributed by atoms with Gasteiger partial charge in [-0.3, -0.25) is 0 Å². The number of hydrogen-bond donors (Lipinski definition) is 1.